The van der Waals surface area contributed by atoms with Crippen molar-refractivity contribution in [3.05, 3.63) is 64.7 Å². The van der Waals surface area contributed by atoms with Gasteiger partial charge < -0.3 is 4.90 Å². The molecule has 2 aromatic rings. The number of nitrogens with zero attached hydrogens (tertiary/aromatic N) is 2. The molecule has 0 aliphatic carbocycles. The molecule has 5 nitrogen and oxygen atoms in total. The minimum atomic E-state index is -0.528. The van der Waals surface area contributed by atoms with Gasteiger partial charge in [0.25, 0.3) is 5.91 Å². The Balaban J connectivity index is 1.56. The molecule has 2 heterocycles. The van der Waals surface area contributed by atoms with E-state index in [4.69, 9.17) is 0 Å². The maximum absolute atomic E-state index is 13.4. The summed E-state index contributed by atoms with van der Waals surface area (Å²) in [6, 6.07) is 13.1. The number of imide groups is 1. The van der Waals surface area contributed by atoms with E-state index in [1.54, 1.807) is 17.2 Å². The first-order valence-corrected chi connectivity index (χ1v) is 10.9. The fraction of sp³-hybridized carbons (Fsp3) is 0.400. The van der Waals surface area contributed by atoms with Crippen molar-refractivity contribution in [1.82, 2.24) is 0 Å². The van der Waals surface area contributed by atoms with Crippen molar-refractivity contribution in [3.63, 3.8) is 0 Å². The summed E-state index contributed by atoms with van der Waals surface area (Å²) in [6.07, 6.45) is 5.43. The fourth-order valence-electron chi connectivity index (χ4n) is 4.43. The van der Waals surface area contributed by atoms with Crippen molar-refractivity contribution in [1.29, 1.82) is 0 Å². The highest BCUT2D eigenvalue weighted by Gasteiger charge is 2.38. The van der Waals surface area contributed by atoms with Gasteiger partial charge in [-0.15, -0.1) is 0 Å². The summed E-state index contributed by atoms with van der Waals surface area (Å²) in [4.78, 5) is 34.1. The molecule has 5 heteroatoms. The highest BCUT2D eigenvalue weighted by Crippen LogP contribution is 2.32. The van der Waals surface area contributed by atoms with Gasteiger partial charge in [0.15, 0.2) is 0 Å². The fourth-order valence-corrected chi connectivity index (χ4v) is 4.43. The van der Waals surface area contributed by atoms with E-state index < -0.39 is 5.92 Å². The van der Waals surface area contributed by atoms with Crippen molar-refractivity contribution < 1.29 is 14.5 Å². The zero-order chi connectivity index (χ0) is 21.1. The molecule has 0 unspecified atom stereocenters. The Kier molecular flexibility index (Phi) is 6.09. The van der Waals surface area contributed by atoms with Gasteiger partial charge in [0.2, 0.25) is 5.91 Å². The number of aryl methyl sites for hydroxylation is 2. The summed E-state index contributed by atoms with van der Waals surface area (Å²) in [7, 11) is 0. The van der Waals surface area contributed by atoms with E-state index in [0.717, 1.165) is 29.7 Å². The molecule has 1 atom stereocenters. The van der Waals surface area contributed by atoms with E-state index in [1.165, 1.54) is 30.8 Å². The van der Waals surface area contributed by atoms with Crippen LogP contribution in [0, 0.1) is 13.8 Å². The van der Waals surface area contributed by atoms with E-state index in [2.05, 4.69) is 4.99 Å². The molecule has 1 saturated heterocycles. The topological polar surface area (TPSA) is 54.2 Å². The average molecular weight is 405 g/mol. The molecule has 0 aromatic heterocycles. The number of rotatable bonds is 6. The standard InChI is InChI=1S/C25H29N3O2/c1-18-10-11-20(16-19(18)2)28-24(29)22-9-4-3-8-21(22)23(25(28)30)17-26-12-7-15-27-13-5-6-14-27/h3-4,8-11,16-17,23H,5-7,12-15H2,1-2H3/p+1/t23-/m0/s1. The van der Waals surface area contributed by atoms with Crippen molar-refractivity contribution in [2.24, 2.45) is 4.99 Å². The molecule has 2 aromatic carbocycles. The highest BCUT2D eigenvalue weighted by molar-refractivity contribution is 6.29. The van der Waals surface area contributed by atoms with Crippen molar-refractivity contribution in [2.45, 2.75) is 39.0 Å². The average Bonchev–Trinajstić information content (AvgIpc) is 3.26. The van der Waals surface area contributed by atoms with Crippen molar-refractivity contribution >= 4 is 23.7 Å². The summed E-state index contributed by atoms with van der Waals surface area (Å²) < 4.78 is 0. The molecular formula is C25H30N3O2+. The van der Waals surface area contributed by atoms with Crippen molar-refractivity contribution in [2.75, 3.05) is 31.1 Å². The van der Waals surface area contributed by atoms with Crippen LogP contribution in [0.25, 0.3) is 0 Å². The lowest BCUT2D eigenvalue weighted by atomic mass is 9.88. The van der Waals surface area contributed by atoms with E-state index in [1.807, 2.05) is 50.2 Å². The van der Waals surface area contributed by atoms with E-state index in [9.17, 15) is 9.59 Å². The lowest BCUT2D eigenvalue weighted by Gasteiger charge is -2.31. The molecule has 4 rings (SSSR count). The molecule has 2 aliphatic heterocycles. The van der Waals surface area contributed by atoms with Gasteiger partial charge in [0.1, 0.15) is 0 Å². The molecule has 156 valence electrons. The van der Waals surface area contributed by atoms with E-state index >= 15 is 0 Å². The summed E-state index contributed by atoms with van der Waals surface area (Å²) in [5, 5.41) is 0. The van der Waals surface area contributed by atoms with Gasteiger partial charge in [0, 0.05) is 37.6 Å². The lowest BCUT2D eigenvalue weighted by Crippen LogP contribution is -3.10. The van der Waals surface area contributed by atoms with E-state index in [0.29, 0.717) is 17.8 Å². The van der Waals surface area contributed by atoms with Crippen LogP contribution in [-0.2, 0) is 4.79 Å². The monoisotopic (exact) mass is 404 g/mol. The Morgan fingerprint density at radius 2 is 1.83 bits per heavy atom. The van der Waals surface area contributed by atoms with Crippen LogP contribution in [0.3, 0.4) is 0 Å². The number of quaternary nitrogens is 1. The lowest BCUT2D eigenvalue weighted by molar-refractivity contribution is -0.887. The largest absolute Gasteiger partial charge is 0.335 e. The predicted octanol–water partition coefficient (Wildman–Crippen LogP) is 2.71. The number of carbonyl (C=O) groups is 2. The third kappa shape index (κ3) is 4.08. The number of fused-ring (bicyclic) bond motifs is 1. The minimum Gasteiger partial charge on any atom is -0.335 e. The number of amides is 2. The number of benzene rings is 2. The number of carbonyl (C=O) groups excluding carboxylic acids is 2. The van der Waals surface area contributed by atoms with Crippen LogP contribution in [0.15, 0.2) is 47.5 Å². The Hall–Kier alpha value is -2.79. The van der Waals surface area contributed by atoms with Gasteiger partial charge in [0.05, 0.1) is 31.2 Å². The first-order chi connectivity index (χ1) is 14.6. The third-order valence-corrected chi connectivity index (χ3v) is 6.35. The molecule has 0 bridgehead atoms. The molecule has 30 heavy (non-hydrogen) atoms. The van der Waals surface area contributed by atoms with Gasteiger partial charge >= 0.3 is 0 Å². The molecule has 1 N–H and O–H groups in total. The van der Waals surface area contributed by atoms with Crippen molar-refractivity contribution in [3.8, 4) is 0 Å². The smallest absolute Gasteiger partial charge is 0.265 e. The van der Waals surface area contributed by atoms with Gasteiger partial charge in [-0.25, -0.2) is 4.90 Å². The third-order valence-electron chi connectivity index (χ3n) is 6.35. The number of nitrogens with one attached hydrogen (secondary N) is 1. The van der Waals surface area contributed by atoms with E-state index in [-0.39, 0.29) is 11.8 Å². The van der Waals surface area contributed by atoms with Gasteiger partial charge in [-0.3, -0.25) is 14.6 Å². The number of hydrogen-bond donors (Lipinski definition) is 1. The number of hydrogen-bond acceptors (Lipinski definition) is 3. The van der Waals surface area contributed by atoms with Gasteiger partial charge in [-0.1, -0.05) is 24.3 Å². The van der Waals surface area contributed by atoms with Gasteiger partial charge in [-0.2, -0.15) is 0 Å². The van der Waals surface area contributed by atoms with Crippen LogP contribution in [0.1, 0.15) is 52.2 Å². The first kappa shape index (κ1) is 20.5. The first-order valence-electron chi connectivity index (χ1n) is 10.9. The number of aliphatic imine (C=N–C) groups is 1. The zero-order valence-corrected chi connectivity index (χ0v) is 17.9. The Labute approximate surface area is 178 Å². The molecule has 2 amide bonds. The molecule has 0 saturated carbocycles. The Morgan fingerprint density at radius 3 is 2.60 bits per heavy atom. The Bertz CT molecular complexity index is 976. The summed E-state index contributed by atoms with van der Waals surface area (Å²) in [5.74, 6) is -1.02. The van der Waals surface area contributed by atoms with Crippen LogP contribution < -0.4 is 9.80 Å². The quantitative estimate of drug-likeness (QED) is 0.457. The normalized spacial score (nSPS) is 19.7. The molecule has 0 radical (unpaired) electrons. The zero-order valence-electron chi connectivity index (χ0n) is 17.9. The van der Waals surface area contributed by atoms with Crippen LogP contribution in [0.2, 0.25) is 0 Å². The molecule has 1 fully saturated rings. The number of anilines is 1. The summed E-state index contributed by atoms with van der Waals surface area (Å²) in [5.41, 5.74) is 4.14. The van der Waals surface area contributed by atoms with Gasteiger partial charge in [-0.05, 0) is 48.7 Å². The molecule has 2 aliphatic rings. The second kappa shape index (κ2) is 8.92. The second-order valence-corrected chi connectivity index (χ2v) is 8.43. The molecular weight excluding hydrogens is 374 g/mol. The highest BCUT2D eigenvalue weighted by atomic mass is 16.2. The summed E-state index contributed by atoms with van der Waals surface area (Å²) in [6.45, 7) is 8.41. The second-order valence-electron chi connectivity index (χ2n) is 8.43. The number of likely N-dealkylation sites (tertiary alicyclic amines) is 1. The van der Waals surface area contributed by atoms with Crippen LogP contribution >= 0.6 is 0 Å². The molecule has 0 spiro atoms. The van der Waals surface area contributed by atoms with Crippen LogP contribution in [0.5, 0.6) is 0 Å². The maximum atomic E-state index is 13.4. The SMILES string of the molecule is Cc1ccc(N2C(=O)c3ccccc3[C@H](C=NCCC[NH+]3CCCC3)C2=O)cc1C. The Morgan fingerprint density at radius 1 is 1.07 bits per heavy atom. The maximum Gasteiger partial charge on any atom is 0.265 e. The predicted molar refractivity (Wildman–Crippen MR) is 120 cm³/mol. The van der Waals surface area contributed by atoms with Crippen LogP contribution in [0.4, 0.5) is 5.69 Å². The van der Waals surface area contributed by atoms with Crippen LogP contribution in [-0.4, -0.2) is 44.2 Å². The summed E-state index contributed by atoms with van der Waals surface area (Å²) >= 11 is 0. The minimum absolute atomic E-state index is 0.226.